The normalized spacial score (nSPS) is 15.0. The maximum absolute atomic E-state index is 14.0. The van der Waals surface area contributed by atoms with Crippen LogP contribution in [0.5, 0.6) is 5.75 Å². The van der Waals surface area contributed by atoms with E-state index in [-0.39, 0.29) is 11.5 Å². The van der Waals surface area contributed by atoms with E-state index in [4.69, 9.17) is 9.47 Å². The number of amides is 1. The number of methoxy groups -OCH3 is 2. The molecule has 1 aliphatic rings. The van der Waals surface area contributed by atoms with Crippen molar-refractivity contribution >= 4 is 17.6 Å². The third kappa shape index (κ3) is 3.04. The van der Waals surface area contributed by atoms with Crippen LogP contribution in [-0.4, -0.2) is 31.1 Å². The number of hydrogen-bond acceptors (Lipinski definition) is 4. The zero-order chi connectivity index (χ0) is 20.7. The predicted molar refractivity (Wildman–Crippen MR) is 106 cm³/mol. The van der Waals surface area contributed by atoms with E-state index in [2.05, 4.69) is 10.3 Å². The maximum Gasteiger partial charge on any atom is 0.340 e. The number of H-pyrrole nitrogens is 1. The molecule has 0 aliphatic carbocycles. The largest absolute Gasteiger partial charge is 0.497 e. The second-order valence-corrected chi connectivity index (χ2v) is 6.79. The van der Waals surface area contributed by atoms with Crippen molar-refractivity contribution in [3.8, 4) is 17.0 Å². The first-order valence-corrected chi connectivity index (χ1v) is 9.00. The van der Waals surface area contributed by atoms with Gasteiger partial charge < -0.3 is 19.8 Å². The van der Waals surface area contributed by atoms with Gasteiger partial charge in [0.25, 0.3) is 0 Å². The number of anilines is 1. The van der Waals surface area contributed by atoms with Crippen molar-refractivity contribution in [1.82, 2.24) is 4.98 Å². The van der Waals surface area contributed by atoms with Gasteiger partial charge in [-0.05, 0) is 60.5 Å². The molecule has 4 rings (SSSR count). The highest BCUT2D eigenvalue weighted by Gasteiger charge is 2.39. The number of carbonyl (C=O) groups is 2. The van der Waals surface area contributed by atoms with Crippen molar-refractivity contribution in [2.45, 2.75) is 12.8 Å². The van der Waals surface area contributed by atoms with E-state index in [0.717, 1.165) is 5.56 Å². The van der Waals surface area contributed by atoms with Crippen LogP contribution >= 0.6 is 0 Å². The summed E-state index contributed by atoms with van der Waals surface area (Å²) in [5, 5.41) is 2.77. The summed E-state index contributed by atoms with van der Waals surface area (Å²) in [5.41, 5.74) is 3.66. The van der Waals surface area contributed by atoms with Crippen LogP contribution in [0.4, 0.5) is 10.1 Å². The molecule has 2 N–H and O–H groups in total. The molecule has 6 nitrogen and oxygen atoms in total. The molecule has 1 amide bonds. The van der Waals surface area contributed by atoms with Gasteiger partial charge in [0, 0.05) is 16.9 Å². The molecule has 7 heteroatoms. The van der Waals surface area contributed by atoms with Gasteiger partial charge in [-0.3, -0.25) is 4.79 Å². The van der Waals surface area contributed by atoms with Gasteiger partial charge >= 0.3 is 5.97 Å². The van der Waals surface area contributed by atoms with Crippen LogP contribution in [0, 0.1) is 12.7 Å². The van der Waals surface area contributed by atoms with Gasteiger partial charge in [0.15, 0.2) is 0 Å². The highest BCUT2D eigenvalue weighted by atomic mass is 19.1. The van der Waals surface area contributed by atoms with Gasteiger partial charge in [0.1, 0.15) is 11.6 Å². The number of hydrogen-bond donors (Lipinski definition) is 2. The Bertz CT molecular complexity index is 1120. The standard InChI is InChI=1S/C22H19FN2O4/c1-11-17(22(27)29-3)19(20(24-11)12-4-7-14(28-2)8-5-12)18-15-10-13(23)6-9-16(15)25-21(18)26/h4-10,18,24H,1-3H3,(H,25,26)/t18-/m0/s1. The lowest BCUT2D eigenvalue weighted by Gasteiger charge is -2.14. The van der Waals surface area contributed by atoms with Crippen LogP contribution in [-0.2, 0) is 9.53 Å². The molecule has 1 aromatic heterocycles. The summed E-state index contributed by atoms with van der Waals surface area (Å²) in [4.78, 5) is 28.7. The zero-order valence-electron chi connectivity index (χ0n) is 16.1. The molecule has 0 radical (unpaired) electrons. The summed E-state index contributed by atoms with van der Waals surface area (Å²) < 4.78 is 24.1. The number of rotatable bonds is 4. The van der Waals surface area contributed by atoms with Crippen LogP contribution < -0.4 is 10.1 Å². The van der Waals surface area contributed by atoms with Gasteiger partial charge in [-0.15, -0.1) is 0 Å². The molecule has 1 atom stereocenters. The van der Waals surface area contributed by atoms with Crippen LogP contribution in [0.25, 0.3) is 11.3 Å². The number of aromatic nitrogens is 1. The van der Waals surface area contributed by atoms with E-state index >= 15 is 0 Å². The molecule has 2 heterocycles. The van der Waals surface area contributed by atoms with Crippen LogP contribution in [0.15, 0.2) is 42.5 Å². The molecule has 29 heavy (non-hydrogen) atoms. The third-order valence-electron chi connectivity index (χ3n) is 5.13. The summed E-state index contributed by atoms with van der Waals surface area (Å²) in [6, 6.07) is 11.4. The molecular formula is C22H19FN2O4. The number of halogens is 1. The fourth-order valence-electron chi connectivity index (χ4n) is 3.80. The lowest BCUT2D eigenvalue weighted by Crippen LogP contribution is -2.17. The fourth-order valence-corrected chi connectivity index (χ4v) is 3.80. The Morgan fingerprint density at radius 3 is 2.48 bits per heavy atom. The molecule has 1 aliphatic heterocycles. The lowest BCUT2D eigenvalue weighted by atomic mass is 9.87. The predicted octanol–water partition coefficient (Wildman–Crippen LogP) is 4.01. The number of fused-ring (bicyclic) bond motifs is 1. The number of ether oxygens (including phenoxy) is 2. The summed E-state index contributed by atoms with van der Waals surface area (Å²) in [7, 11) is 2.86. The minimum Gasteiger partial charge on any atom is -0.497 e. The molecular weight excluding hydrogens is 375 g/mol. The first-order valence-electron chi connectivity index (χ1n) is 9.00. The number of esters is 1. The molecule has 0 fully saturated rings. The van der Waals surface area contributed by atoms with Gasteiger partial charge in [0.05, 0.1) is 31.4 Å². The molecule has 148 valence electrons. The topological polar surface area (TPSA) is 80.4 Å². The van der Waals surface area contributed by atoms with Crippen molar-refractivity contribution in [1.29, 1.82) is 0 Å². The van der Waals surface area contributed by atoms with Crippen molar-refractivity contribution in [3.63, 3.8) is 0 Å². The van der Waals surface area contributed by atoms with E-state index in [0.29, 0.717) is 34.0 Å². The average Bonchev–Trinajstić information content (AvgIpc) is 3.22. The number of benzene rings is 2. The minimum absolute atomic E-state index is 0.274. The molecule has 0 spiro atoms. The smallest absolute Gasteiger partial charge is 0.340 e. The SMILES string of the molecule is COC(=O)c1c(C)[nH]c(-c2ccc(OC)cc2)c1[C@H]1C(=O)Nc2ccc(F)cc21. The number of nitrogens with one attached hydrogen (secondary N) is 2. The minimum atomic E-state index is -0.850. The third-order valence-corrected chi connectivity index (χ3v) is 5.13. The average molecular weight is 394 g/mol. The molecule has 2 aromatic carbocycles. The van der Waals surface area contributed by atoms with E-state index in [9.17, 15) is 14.0 Å². The fraction of sp³-hybridized carbons (Fsp3) is 0.182. The first-order chi connectivity index (χ1) is 13.9. The van der Waals surface area contributed by atoms with Crippen molar-refractivity contribution in [3.05, 3.63) is 70.7 Å². The Hall–Kier alpha value is -3.61. The molecule has 0 saturated heterocycles. The summed E-state index contributed by atoms with van der Waals surface area (Å²) in [5.74, 6) is -1.52. The lowest BCUT2D eigenvalue weighted by molar-refractivity contribution is -0.116. The summed E-state index contributed by atoms with van der Waals surface area (Å²) in [6.07, 6.45) is 0. The van der Waals surface area contributed by atoms with Gasteiger partial charge in [-0.25, -0.2) is 9.18 Å². The van der Waals surface area contributed by atoms with Gasteiger partial charge in [-0.2, -0.15) is 0 Å². The Morgan fingerprint density at radius 1 is 1.10 bits per heavy atom. The van der Waals surface area contributed by atoms with E-state index < -0.39 is 17.7 Å². The second-order valence-electron chi connectivity index (χ2n) is 6.79. The number of aryl methyl sites for hydroxylation is 1. The van der Waals surface area contributed by atoms with E-state index in [1.54, 1.807) is 26.2 Å². The number of carbonyl (C=O) groups excluding carboxylic acids is 2. The molecule has 3 aromatic rings. The van der Waals surface area contributed by atoms with E-state index in [1.165, 1.54) is 25.3 Å². The quantitative estimate of drug-likeness (QED) is 0.656. The molecule has 0 bridgehead atoms. The Balaban J connectivity index is 1.97. The van der Waals surface area contributed by atoms with Crippen LogP contribution in [0.1, 0.15) is 33.1 Å². The van der Waals surface area contributed by atoms with Crippen LogP contribution in [0.2, 0.25) is 0 Å². The van der Waals surface area contributed by atoms with Crippen molar-refractivity contribution in [2.24, 2.45) is 0 Å². The Morgan fingerprint density at radius 2 is 1.83 bits per heavy atom. The molecule has 0 saturated carbocycles. The monoisotopic (exact) mass is 394 g/mol. The van der Waals surface area contributed by atoms with Gasteiger partial charge in [-0.1, -0.05) is 0 Å². The van der Waals surface area contributed by atoms with Gasteiger partial charge in [0.2, 0.25) is 5.91 Å². The zero-order valence-corrected chi connectivity index (χ0v) is 16.1. The van der Waals surface area contributed by atoms with Crippen LogP contribution in [0.3, 0.4) is 0 Å². The van der Waals surface area contributed by atoms with E-state index in [1.807, 2.05) is 12.1 Å². The summed E-state index contributed by atoms with van der Waals surface area (Å²) >= 11 is 0. The summed E-state index contributed by atoms with van der Waals surface area (Å²) in [6.45, 7) is 1.74. The van der Waals surface area contributed by atoms with Crippen molar-refractivity contribution in [2.75, 3.05) is 19.5 Å². The highest BCUT2D eigenvalue weighted by Crippen LogP contribution is 2.44. The highest BCUT2D eigenvalue weighted by molar-refractivity contribution is 6.08. The second kappa shape index (κ2) is 7.09. The molecule has 0 unspecified atom stereocenters. The Labute approximate surface area is 166 Å². The first kappa shape index (κ1) is 18.7. The number of aromatic amines is 1. The van der Waals surface area contributed by atoms with Crippen molar-refractivity contribution < 1.29 is 23.5 Å². The Kier molecular flexibility index (Phi) is 4.58. The maximum atomic E-state index is 14.0.